The van der Waals surface area contributed by atoms with Crippen LogP contribution in [0.25, 0.3) is 22.3 Å². The Labute approximate surface area is 332 Å². The Morgan fingerprint density at radius 3 is 2.44 bits per heavy atom. The number of H-pyrrole nitrogens is 1. The lowest BCUT2D eigenvalue weighted by Gasteiger charge is -2.25. The van der Waals surface area contributed by atoms with E-state index in [4.69, 9.17) is 42.6 Å². The van der Waals surface area contributed by atoms with Crippen molar-refractivity contribution in [1.82, 2.24) is 39.0 Å². The van der Waals surface area contributed by atoms with Crippen LogP contribution in [0.2, 0.25) is 0 Å². The first-order valence-corrected chi connectivity index (χ1v) is 20.8. The van der Waals surface area contributed by atoms with Crippen molar-refractivity contribution in [2.75, 3.05) is 31.7 Å². The third-order valence-corrected chi connectivity index (χ3v) is 11.4. The number of amides is 1. The molecule has 2 fully saturated rings. The number of carbonyl (C=O) groups is 1. The van der Waals surface area contributed by atoms with E-state index in [2.05, 4.69) is 35.2 Å². The summed E-state index contributed by atoms with van der Waals surface area (Å²) in [4.78, 5) is 58.6. The van der Waals surface area contributed by atoms with Gasteiger partial charge >= 0.3 is 15.6 Å². The normalized spacial score (nSPS) is 23.7. The molecule has 7 unspecified atom stereocenters. The summed E-state index contributed by atoms with van der Waals surface area (Å²) in [5, 5.41) is 20.7. The number of phosphoric ester groups is 2. The van der Waals surface area contributed by atoms with Gasteiger partial charge in [-0.15, -0.1) is 0 Å². The number of hydrogen-bond donors (Lipinski definition) is 3. The zero-order chi connectivity index (χ0) is 41.6. The summed E-state index contributed by atoms with van der Waals surface area (Å²) in [6, 6.07) is 12.0. The number of alkyl halides is 1. The maximum Gasteiger partial charge on any atom is 0.475 e. The molecule has 2 aliphatic heterocycles. The molecule has 7 rings (SSSR count). The second-order valence-corrected chi connectivity index (χ2v) is 15.9. The maximum absolute atomic E-state index is 15.4. The number of ether oxygens (including phenoxy) is 2. The number of nitriles is 2. The molecule has 1 amide bonds. The molecule has 0 spiro atoms. The third kappa shape index (κ3) is 9.75. The predicted octanol–water partition coefficient (Wildman–Crippen LogP) is 3.61. The van der Waals surface area contributed by atoms with Crippen LogP contribution in [-0.4, -0.2) is 101 Å². The molecule has 26 heteroatoms. The van der Waals surface area contributed by atoms with Gasteiger partial charge in [-0.3, -0.25) is 41.3 Å². The van der Waals surface area contributed by atoms with E-state index < -0.39 is 90.5 Å². The van der Waals surface area contributed by atoms with Crippen molar-refractivity contribution in [1.29, 1.82) is 10.5 Å². The molecule has 310 valence electrons. The largest absolute Gasteiger partial charge is 0.475 e. The molecule has 8 atom stereocenters. The summed E-state index contributed by atoms with van der Waals surface area (Å²) in [6.45, 7) is -2.02. The van der Waals surface area contributed by atoms with Gasteiger partial charge in [-0.2, -0.15) is 10.5 Å². The van der Waals surface area contributed by atoms with E-state index in [0.717, 1.165) is 6.33 Å². The summed E-state index contributed by atoms with van der Waals surface area (Å²) in [7, 11) is -9.42. The molecule has 1 aromatic carbocycles. The van der Waals surface area contributed by atoms with E-state index in [1.807, 2.05) is 6.07 Å². The molecule has 59 heavy (non-hydrogen) atoms. The first-order valence-electron chi connectivity index (χ1n) is 17.8. The SMILES string of the molecule is N#CCCOP(=O)(O)OCC1OC(n2cnc3c(NC(=O)c4ccccc4)ncnc32)CC1OP(=O)(OCCC#N)OCC1C[C@@H](F)C(n2cnc3c(=O)[nH]cnc32)O1. The number of fused-ring (bicyclic) bond motifs is 2. The number of aromatic nitrogens is 8. The highest BCUT2D eigenvalue weighted by Crippen LogP contribution is 2.54. The predicted molar refractivity (Wildman–Crippen MR) is 196 cm³/mol. The van der Waals surface area contributed by atoms with Crippen LogP contribution in [0.1, 0.15) is 48.5 Å². The molecular weight excluding hydrogens is 823 g/mol. The van der Waals surface area contributed by atoms with Gasteiger partial charge in [0.05, 0.1) is 76.5 Å². The summed E-state index contributed by atoms with van der Waals surface area (Å²) in [6.07, 6.45) is -3.40. The first-order chi connectivity index (χ1) is 28.5. The highest BCUT2D eigenvalue weighted by atomic mass is 31.2. The van der Waals surface area contributed by atoms with Crippen LogP contribution in [0, 0.1) is 22.7 Å². The Hall–Kier alpha value is -5.36. The smallest absolute Gasteiger partial charge is 0.349 e. The molecule has 0 aliphatic carbocycles. The summed E-state index contributed by atoms with van der Waals surface area (Å²) >= 11 is 0. The standard InChI is InChI=1S/C33H34FN11O12P2/c34-22-12-21(55-33(22)45-19-42-27-30(45)39-17-40-32(27)47)14-54-59(50,52-11-5-9-36)57-23-13-25(56-24(23)15-53-58(48,49)51-10-4-8-35)44-18-41-26-28(37-16-38-29(26)44)43-31(46)20-6-2-1-3-7-20/h1-3,6-7,16-19,21-25,33H,4-5,10-15H2,(H,48,49)(H,39,40,47)(H,37,38,43,46)/t21?,22-,23?,24?,25?,33?,59?/m1/s1. The van der Waals surface area contributed by atoms with E-state index in [1.165, 1.54) is 28.1 Å². The molecule has 0 radical (unpaired) electrons. The number of aromatic amines is 1. The molecule has 2 saturated heterocycles. The van der Waals surface area contributed by atoms with Crippen molar-refractivity contribution in [3.05, 3.63) is 71.6 Å². The number of benzene rings is 1. The number of nitrogens with zero attached hydrogens (tertiary/aromatic N) is 9. The van der Waals surface area contributed by atoms with Gasteiger partial charge < -0.3 is 24.7 Å². The van der Waals surface area contributed by atoms with Crippen LogP contribution >= 0.6 is 15.6 Å². The fourth-order valence-electron chi connectivity index (χ4n) is 6.21. The highest BCUT2D eigenvalue weighted by molar-refractivity contribution is 7.48. The van der Waals surface area contributed by atoms with Crippen molar-refractivity contribution in [2.24, 2.45) is 0 Å². The Kier molecular flexibility index (Phi) is 12.9. The van der Waals surface area contributed by atoms with Crippen molar-refractivity contribution in [2.45, 2.75) is 62.6 Å². The van der Waals surface area contributed by atoms with Crippen molar-refractivity contribution in [3.63, 3.8) is 0 Å². The van der Waals surface area contributed by atoms with Gasteiger partial charge in [-0.05, 0) is 12.1 Å². The van der Waals surface area contributed by atoms with Crippen molar-refractivity contribution >= 4 is 49.7 Å². The van der Waals surface area contributed by atoms with Gasteiger partial charge in [0.25, 0.3) is 11.5 Å². The minimum Gasteiger partial charge on any atom is -0.349 e. The number of hydrogen-bond acceptors (Lipinski definition) is 18. The van der Waals surface area contributed by atoms with Crippen molar-refractivity contribution in [3.8, 4) is 12.1 Å². The third-order valence-electron chi connectivity index (χ3n) is 8.90. The number of rotatable bonds is 18. The number of carbonyl (C=O) groups excluding carboxylic acids is 1. The lowest BCUT2D eigenvalue weighted by molar-refractivity contribution is -0.0532. The Morgan fingerprint density at radius 2 is 1.66 bits per heavy atom. The second-order valence-electron chi connectivity index (χ2n) is 12.8. The zero-order valence-corrected chi connectivity index (χ0v) is 32.3. The van der Waals surface area contributed by atoms with Crippen LogP contribution in [0.4, 0.5) is 10.2 Å². The Morgan fingerprint density at radius 1 is 0.932 bits per heavy atom. The van der Waals surface area contributed by atoms with Gasteiger partial charge in [0.1, 0.15) is 30.9 Å². The topological polar surface area (TPSA) is 303 Å². The van der Waals surface area contributed by atoms with Crippen LogP contribution < -0.4 is 10.9 Å². The molecule has 23 nitrogen and oxygen atoms in total. The summed E-state index contributed by atoms with van der Waals surface area (Å²) in [5.74, 6) is -0.365. The van der Waals surface area contributed by atoms with E-state index >= 15 is 4.39 Å². The van der Waals surface area contributed by atoms with Gasteiger partial charge in [0.15, 0.2) is 34.4 Å². The van der Waals surface area contributed by atoms with Crippen LogP contribution in [0.5, 0.6) is 0 Å². The molecule has 0 saturated carbocycles. The first kappa shape index (κ1) is 41.8. The van der Waals surface area contributed by atoms with Gasteiger partial charge in [-0.25, -0.2) is 38.4 Å². The van der Waals surface area contributed by atoms with Gasteiger partial charge in [-0.1, -0.05) is 18.2 Å². The Balaban J connectivity index is 1.10. The Bertz CT molecular complexity index is 2530. The molecule has 6 heterocycles. The quantitative estimate of drug-likeness (QED) is 0.0837. The van der Waals surface area contributed by atoms with E-state index in [9.17, 15) is 23.6 Å². The fraction of sp³-hybridized carbons (Fsp3) is 0.424. The minimum atomic E-state index is -4.73. The van der Waals surface area contributed by atoms with Crippen LogP contribution in [0.3, 0.4) is 0 Å². The maximum atomic E-state index is 15.4. The number of nitrogens with one attached hydrogen (secondary N) is 2. The number of halogens is 1. The summed E-state index contributed by atoms with van der Waals surface area (Å²) in [5.41, 5.74) is 0.271. The van der Waals surface area contributed by atoms with E-state index in [1.54, 1.807) is 36.4 Å². The average Bonchev–Trinajstić information content (AvgIpc) is 4.02. The van der Waals surface area contributed by atoms with Crippen LogP contribution in [0.15, 0.2) is 60.4 Å². The molecule has 3 N–H and O–H groups in total. The minimum absolute atomic E-state index is 0.0277. The molecule has 0 bridgehead atoms. The zero-order valence-electron chi connectivity index (χ0n) is 30.6. The van der Waals surface area contributed by atoms with Gasteiger partial charge in [0, 0.05) is 18.4 Å². The number of anilines is 1. The molecule has 4 aromatic heterocycles. The molecular formula is C33H34FN11O12P2. The fourth-order valence-corrected chi connectivity index (χ4v) is 8.36. The van der Waals surface area contributed by atoms with Crippen molar-refractivity contribution < 1.29 is 55.3 Å². The second kappa shape index (κ2) is 18.3. The summed E-state index contributed by atoms with van der Waals surface area (Å²) < 4.78 is 84.1. The molecule has 5 aromatic rings. The highest BCUT2D eigenvalue weighted by Gasteiger charge is 2.46. The van der Waals surface area contributed by atoms with E-state index in [-0.39, 0.29) is 53.8 Å². The van der Waals surface area contributed by atoms with Crippen LogP contribution in [-0.2, 0) is 41.2 Å². The monoisotopic (exact) mass is 857 g/mol. The average molecular weight is 858 g/mol. The lowest BCUT2D eigenvalue weighted by Crippen LogP contribution is -2.29. The number of phosphoric acid groups is 2. The lowest BCUT2D eigenvalue weighted by atomic mass is 10.2. The van der Waals surface area contributed by atoms with E-state index in [0.29, 0.717) is 5.56 Å². The van der Waals surface area contributed by atoms with Gasteiger partial charge in [0.2, 0.25) is 0 Å². The molecule has 2 aliphatic rings. The number of imidazole rings is 2.